The van der Waals surface area contributed by atoms with Crippen molar-refractivity contribution in [2.45, 2.75) is 4.90 Å². The first-order valence-electron chi connectivity index (χ1n) is 8.32. The van der Waals surface area contributed by atoms with Gasteiger partial charge in [-0.05, 0) is 46.3 Å². The highest BCUT2D eigenvalue weighted by Crippen LogP contribution is 2.31. The van der Waals surface area contributed by atoms with Gasteiger partial charge in [-0.3, -0.25) is 0 Å². The molecule has 1 heterocycles. The predicted molar refractivity (Wildman–Crippen MR) is 110 cm³/mol. The largest absolute Gasteiger partial charge is 0.306 e. The Morgan fingerprint density at radius 1 is 0.778 bits per heavy atom. The molecule has 3 aromatic carbocycles. The SMILES string of the molecule is O=S(=O)(N[n+]1cc2ccccc2c(Br)c1-c1ccccc1)c1ccccc1. The fourth-order valence-corrected chi connectivity index (χ4v) is 4.77. The molecule has 0 spiro atoms. The summed E-state index contributed by atoms with van der Waals surface area (Å²) in [7, 11) is -3.74. The molecule has 1 aromatic heterocycles. The summed E-state index contributed by atoms with van der Waals surface area (Å²) >= 11 is 3.68. The molecule has 0 radical (unpaired) electrons. The molecular weight excluding hydrogens is 424 g/mol. The molecule has 0 aliphatic carbocycles. The Morgan fingerprint density at radius 2 is 1.37 bits per heavy atom. The van der Waals surface area contributed by atoms with Gasteiger partial charge in [0.05, 0.1) is 10.5 Å². The lowest BCUT2D eigenvalue weighted by Crippen LogP contribution is -2.50. The van der Waals surface area contributed by atoms with E-state index in [-0.39, 0.29) is 4.90 Å². The number of hydrogen-bond acceptors (Lipinski definition) is 2. The maximum Gasteiger partial charge on any atom is 0.306 e. The molecule has 0 fully saturated rings. The lowest BCUT2D eigenvalue weighted by atomic mass is 10.1. The maximum absolute atomic E-state index is 12.9. The van der Waals surface area contributed by atoms with Gasteiger partial charge in [0.15, 0.2) is 0 Å². The molecule has 0 saturated heterocycles. The van der Waals surface area contributed by atoms with Crippen LogP contribution in [0.3, 0.4) is 0 Å². The van der Waals surface area contributed by atoms with Crippen molar-refractivity contribution < 1.29 is 13.1 Å². The molecule has 0 aliphatic heterocycles. The van der Waals surface area contributed by atoms with E-state index < -0.39 is 10.0 Å². The number of benzene rings is 3. The normalized spacial score (nSPS) is 11.4. The van der Waals surface area contributed by atoms with Gasteiger partial charge in [0.2, 0.25) is 6.20 Å². The van der Waals surface area contributed by atoms with Gasteiger partial charge in [-0.2, -0.15) is 8.42 Å². The summed E-state index contributed by atoms with van der Waals surface area (Å²) in [5.74, 6) is 0. The number of rotatable bonds is 4. The van der Waals surface area contributed by atoms with Gasteiger partial charge in [0, 0.05) is 10.8 Å². The number of sulfonamides is 1. The van der Waals surface area contributed by atoms with E-state index >= 15 is 0 Å². The van der Waals surface area contributed by atoms with Crippen LogP contribution in [0.5, 0.6) is 0 Å². The van der Waals surface area contributed by atoms with Crippen molar-refractivity contribution in [2.24, 2.45) is 0 Å². The molecule has 0 saturated carbocycles. The van der Waals surface area contributed by atoms with Gasteiger partial charge in [-0.1, -0.05) is 64.1 Å². The quantitative estimate of drug-likeness (QED) is 0.476. The fraction of sp³-hybridized carbons (Fsp3) is 0. The summed E-state index contributed by atoms with van der Waals surface area (Å²) in [6.45, 7) is 0. The number of aromatic nitrogens is 1. The minimum absolute atomic E-state index is 0.209. The summed E-state index contributed by atoms with van der Waals surface area (Å²) in [4.78, 5) is 2.90. The monoisotopic (exact) mass is 439 g/mol. The van der Waals surface area contributed by atoms with Crippen LogP contribution in [0.15, 0.2) is 100 Å². The van der Waals surface area contributed by atoms with Gasteiger partial charge in [-0.15, -0.1) is 0 Å². The Labute approximate surface area is 166 Å². The first-order chi connectivity index (χ1) is 13.1. The van der Waals surface area contributed by atoms with Crippen LogP contribution in [-0.4, -0.2) is 8.42 Å². The maximum atomic E-state index is 12.9. The van der Waals surface area contributed by atoms with Crippen LogP contribution in [0, 0.1) is 0 Å². The number of nitrogens with zero attached hydrogens (tertiary/aromatic N) is 1. The van der Waals surface area contributed by atoms with Crippen molar-refractivity contribution in [2.75, 3.05) is 4.83 Å². The van der Waals surface area contributed by atoms with E-state index in [2.05, 4.69) is 20.8 Å². The van der Waals surface area contributed by atoms with Gasteiger partial charge in [0.1, 0.15) is 4.47 Å². The Balaban J connectivity index is 1.94. The molecule has 4 nitrogen and oxygen atoms in total. The predicted octanol–water partition coefficient (Wildman–Crippen LogP) is 4.49. The van der Waals surface area contributed by atoms with Crippen molar-refractivity contribution in [1.82, 2.24) is 0 Å². The van der Waals surface area contributed by atoms with Crippen LogP contribution < -0.4 is 9.51 Å². The van der Waals surface area contributed by atoms with Gasteiger partial charge >= 0.3 is 10.0 Å². The van der Waals surface area contributed by atoms with Crippen LogP contribution in [-0.2, 0) is 10.0 Å². The van der Waals surface area contributed by atoms with Crippen molar-refractivity contribution >= 4 is 36.7 Å². The van der Waals surface area contributed by atoms with Crippen molar-refractivity contribution in [1.29, 1.82) is 0 Å². The van der Waals surface area contributed by atoms with E-state index in [4.69, 9.17) is 0 Å². The van der Waals surface area contributed by atoms with E-state index in [0.717, 1.165) is 26.5 Å². The van der Waals surface area contributed by atoms with Crippen molar-refractivity contribution in [3.63, 3.8) is 0 Å². The van der Waals surface area contributed by atoms with Crippen LogP contribution >= 0.6 is 15.9 Å². The number of fused-ring (bicyclic) bond motifs is 1. The number of hydrogen-bond donors (Lipinski definition) is 1. The zero-order valence-electron chi connectivity index (χ0n) is 14.2. The van der Waals surface area contributed by atoms with E-state index in [0.29, 0.717) is 0 Å². The second-order valence-electron chi connectivity index (χ2n) is 6.02. The second kappa shape index (κ2) is 7.13. The average Bonchev–Trinajstić information content (AvgIpc) is 2.69. The molecule has 0 unspecified atom stereocenters. The third-order valence-corrected chi connectivity index (χ3v) is 6.37. The molecule has 0 amide bonds. The molecule has 1 N–H and O–H groups in total. The lowest BCUT2D eigenvalue weighted by Gasteiger charge is -2.10. The van der Waals surface area contributed by atoms with Crippen LogP contribution in [0.25, 0.3) is 22.0 Å². The van der Waals surface area contributed by atoms with Gasteiger partial charge < -0.3 is 0 Å². The molecule has 0 aliphatic rings. The average molecular weight is 440 g/mol. The highest BCUT2D eigenvalue weighted by molar-refractivity contribution is 9.10. The standard InChI is InChI=1S/C21H16BrN2O2S/c22-20-19-14-8-7-11-17(19)15-24(21(20)16-9-3-1-4-10-16)23-27(25,26)18-12-5-2-6-13-18/h1-15,23H/q+1. The number of pyridine rings is 1. The molecule has 6 heteroatoms. The highest BCUT2D eigenvalue weighted by Gasteiger charge is 2.26. The van der Waals surface area contributed by atoms with E-state index in [9.17, 15) is 8.42 Å². The summed E-state index contributed by atoms with van der Waals surface area (Å²) < 4.78 is 28.2. The number of halogens is 1. The van der Waals surface area contributed by atoms with E-state index in [1.807, 2.05) is 54.6 Å². The van der Waals surface area contributed by atoms with Crippen molar-refractivity contribution in [3.8, 4) is 11.3 Å². The zero-order chi connectivity index (χ0) is 18.9. The summed E-state index contributed by atoms with van der Waals surface area (Å²) in [5, 5.41) is 1.92. The third kappa shape index (κ3) is 3.46. The molecule has 4 aromatic rings. The second-order valence-corrected chi connectivity index (χ2v) is 8.48. The lowest BCUT2D eigenvalue weighted by molar-refractivity contribution is -0.624. The first kappa shape index (κ1) is 17.7. The molecule has 0 bridgehead atoms. The summed E-state index contributed by atoms with van der Waals surface area (Å²) in [6.07, 6.45) is 1.79. The smallest absolute Gasteiger partial charge is 0.197 e. The Hall–Kier alpha value is -2.70. The Kier molecular flexibility index (Phi) is 4.68. The highest BCUT2D eigenvalue weighted by atomic mass is 79.9. The molecular formula is C21H16BrN2O2S+. The third-order valence-electron chi connectivity index (χ3n) is 4.23. The molecule has 4 rings (SSSR count). The van der Waals surface area contributed by atoms with Gasteiger partial charge in [0.25, 0.3) is 5.69 Å². The Morgan fingerprint density at radius 3 is 2.07 bits per heavy atom. The minimum Gasteiger partial charge on any atom is -0.197 e. The topological polar surface area (TPSA) is 50.1 Å². The van der Waals surface area contributed by atoms with Crippen LogP contribution in [0.1, 0.15) is 0 Å². The zero-order valence-corrected chi connectivity index (χ0v) is 16.6. The molecule has 134 valence electrons. The molecule has 27 heavy (non-hydrogen) atoms. The van der Waals surface area contributed by atoms with Crippen LogP contribution in [0.2, 0.25) is 0 Å². The number of nitrogens with one attached hydrogen (secondary N) is 1. The summed E-state index contributed by atoms with van der Waals surface area (Å²) in [5.41, 5.74) is 1.62. The van der Waals surface area contributed by atoms with Gasteiger partial charge in [-0.25, -0.2) is 0 Å². The first-order valence-corrected chi connectivity index (χ1v) is 10.6. The Bertz CT molecular complexity index is 1210. The summed E-state index contributed by atoms with van der Waals surface area (Å²) in [6, 6.07) is 25.8. The van der Waals surface area contributed by atoms with E-state index in [1.54, 1.807) is 41.2 Å². The fourth-order valence-electron chi connectivity index (χ4n) is 2.96. The van der Waals surface area contributed by atoms with Crippen molar-refractivity contribution in [3.05, 3.63) is 95.6 Å². The van der Waals surface area contributed by atoms with E-state index in [1.165, 1.54) is 0 Å². The molecule has 0 atom stereocenters. The van der Waals surface area contributed by atoms with Crippen LogP contribution in [0.4, 0.5) is 0 Å². The minimum atomic E-state index is -3.74.